The average Bonchev–Trinajstić information content (AvgIpc) is 2.58. The number of rotatable bonds is 3. The van der Waals surface area contributed by atoms with Gasteiger partial charge in [-0.2, -0.15) is 16.8 Å². The molecule has 1 aliphatic carbocycles. The molecular weight excluding hydrogens is 428 g/mol. The summed E-state index contributed by atoms with van der Waals surface area (Å²) in [6.07, 6.45) is 0.774. The first-order chi connectivity index (χ1) is 12.9. The first-order valence-corrected chi connectivity index (χ1v) is 10.3. The molecule has 0 aliphatic heterocycles. The van der Waals surface area contributed by atoms with E-state index in [1.807, 2.05) is 0 Å². The fraction of sp³-hybridized carbons (Fsp3) is 0. The summed E-state index contributed by atoms with van der Waals surface area (Å²) in [5.74, 6) is -1.51. The lowest BCUT2D eigenvalue weighted by Gasteiger charge is -2.19. The topological polar surface area (TPSA) is 216 Å². The molecular formula is C16H14N2O9S2. The number of phenols is 1. The quantitative estimate of drug-likeness (QED) is 0.295. The summed E-state index contributed by atoms with van der Waals surface area (Å²) in [6, 6.07) is 6.89. The SMILES string of the molecule is Nc1ccc(O)c2c1C(=O)C(S(=O)(=O)O)=CC2=Nc1ccc(S(=O)(=O)O)cc1.O. The van der Waals surface area contributed by atoms with Crippen LogP contribution in [0.2, 0.25) is 0 Å². The van der Waals surface area contributed by atoms with Gasteiger partial charge in [0.2, 0.25) is 5.78 Å². The standard InChI is InChI=1S/C16H12N2O8S2.H2O/c17-10-5-6-12(19)15-11(7-13(28(24,25)26)16(20)14(10)15)18-8-1-3-9(4-2-8)27(21,22)23;/h1-7,19H,17H2,(H,21,22,23)(H,24,25,26);1H2. The molecule has 3 rings (SSSR count). The maximum atomic E-state index is 12.4. The highest BCUT2D eigenvalue weighted by Gasteiger charge is 2.34. The number of allylic oxidation sites excluding steroid dienone is 2. The van der Waals surface area contributed by atoms with E-state index in [2.05, 4.69) is 4.99 Å². The van der Waals surface area contributed by atoms with Gasteiger partial charge in [0.25, 0.3) is 20.2 Å². The van der Waals surface area contributed by atoms with Crippen molar-refractivity contribution in [2.75, 3.05) is 5.73 Å². The normalized spacial score (nSPS) is 15.4. The van der Waals surface area contributed by atoms with Gasteiger partial charge >= 0.3 is 0 Å². The number of nitrogens with two attached hydrogens (primary N) is 1. The van der Waals surface area contributed by atoms with Crippen molar-refractivity contribution < 1.29 is 41.3 Å². The number of fused-ring (bicyclic) bond motifs is 1. The molecule has 0 saturated carbocycles. The zero-order valence-corrected chi connectivity index (χ0v) is 15.9. The van der Waals surface area contributed by atoms with Crippen LogP contribution in [-0.2, 0) is 20.2 Å². The van der Waals surface area contributed by atoms with Crippen LogP contribution in [0.15, 0.2) is 57.3 Å². The second kappa shape index (κ2) is 7.38. The molecule has 0 spiro atoms. The van der Waals surface area contributed by atoms with Crippen LogP contribution in [0.5, 0.6) is 5.75 Å². The Morgan fingerprint density at radius 2 is 1.45 bits per heavy atom. The summed E-state index contributed by atoms with van der Waals surface area (Å²) in [5.41, 5.74) is 5.03. The molecule has 2 aromatic rings. The molecule has 0 bridgehead atoms. The average molecular weight is 442 g/mol. The highest BCUT2D eigenvalue weighted by molar-refractivity contribution is 7.91. The highest BCUT2D eigenvalue weighted by atomic mass is 32.2. The number of benzene rings is 2. The monoisotopic (exact) mass is 442 g/mol. The molecule has 13 heteroatoms. The highest BCUT2D eigenvalue weighted by Crippen LogP contribution is 2.35. The van der Waals surface area contributed by atoms with Crippen molar-refractivity contribution in [1.29, 1.82) is 0 Å². The van der Waals surface area contributed by atoms with Gasteiger partial charge in [-0.25, -0.2) is 4.99 Å². The predicted octanol–water partition coefficient (Wildman–Crippen LogP) is 0.485. The van der Waals surface area contributed by atoms with Crippen molar-refractivity contribution in [3.63, 3.8) is 0 Å². The van der Waals surface area contributed by atoms with E-state index in [4.69, 9.17) is 10.3 Å². The van der Waals surface area contributed by atoms with Gasteiger partial charge in [0.05, 0.1) is 27.4 Å². The van der Waals surface area contributed by atoms with Crippen molar-refractivity contribution >= 4 is 43.1 Å². The summed E-state index contributed by atoms with van der Waals surface area (Å²) in [6.45, 7) is 0. The Hall–Kier alpha value is -3.10. The Kier molecular flexibility index (Phi) is 5.65. The second-order valence-corrected chi connectivity index (χ2v) is 8.51. The summed E-state index contributed by atoms with van der Waals surface area (Å²) in [5, 5.41) is 10.1. The van der Waals surface area contributed by atoms with E-state index >= 15 is 0 Å². The molecule has 154 valence electrons. The molecule has 0 fully saturated rings. The van der Waals surface area contributed by atoms with E-state index in [0.717, 1.165) is 18.2 Å². The first kappa shape index (κ1) is 22.2. The van der Waals surface area contributed by atoms with Crippen LogP contribution >= 0.6 is 0 Å². The van der Waals surface area contributed by atoms with Crippen molar-refractivity contribution in [2.24, 2.45) is 4.99 Å². The van der Waals surface area contributed by atoms with Crippen molar-refractivity contribution in [3.05, 3.63) is 58.5 Å². The lowest BCUT2D eigenvalue weighted by atomic mass is 9.91. The van der Waals surface area contributed by atoms with Gasteiger partial charge in [-0.3, -0.25) is 13.9 Å². The number of nitrogen functional groups attached to an aromatic ring is 1. The molecule has 7 N–H and O–H groups in total. The molecule has 29 heavy (non-hydrogen) atoms. The number of hydrogen-bond acceptors (Lipinski definition) is 8. The van der Waals surface area contributed by atoms with Crippen LogP contribution in [0.3, 0.4) is 0 Å². The number of anilines is 1. The van der Waals surface area contributed by atoms with Gasteiger partial charge in [0.15, 0.2) is 0 Å². The van der Waals surface area contributed by atoms with Crippen molar-refractivity contribution in [2.45, 2.75) is 4.90 Å². The summed E-state index contributed by atoms with van der Waals surface area (Å²) in [4.78, 5) is 15.2. The third kappa shape index (κ3) is 4.18. The van der Waals surface area contributed by atoms with E-state index < -0.39 is 41.6 Å². The molecule has 0 radical (unpaired) electrons. The zero-order valence-electron chi connectivity index (χ0n) is 14.3. The Morgan fingerprint density at radius 1 is 0.862 bits per heavy atom. The van der Waals surface area contributed by atoms with Crippen LogP contribution in [0, 0.1) is 0 Å². The molecule has 2 aromatic carbocycles. The Morgan fingerprint density at radius 3 is 1.97 bits per heavy atom. The Balaban J connectivity index is 0.00000300. The third-order valence-electron chi connectivity index (χ3n) is 3.85. The first-order valence-electron chi connectivity index (χ1n) is 7.41. The Bertz CT molecular complexity index is 1280. The number of aromatic hydroxyl groups is 1. The largest absolute Gasteiger partial charge is 0.507 e. The number of nitrogens with zero attached hydrogens (tertiary/aromatic N) is 1. The van der Waals surface area contributed by atoms with Gasteiger partial charge in [0.1, 0.15) is 10.7 Å². The number of ketones is 1. The Labute approximate surface area is 164 Å². The van der Waals surface area contributed by atoms with Gasteiger partial charge in [-0.15, -0.1) is 0 Å². The van der Waals surface area contributed by atoms with Crippen LogP contribution in [-0.4, -0.2) is 48.0 Å². The smallest absolute Gasteiger partial charge is 0.298 e. The number of aliphatic imine (C=N–C) groups is 1. The van der Waals surface area contributed by atoms with E-state index in [0.29, 0.717) is 0 Å². The zero-order chi connectivity index (χ0) is 20.9. The van der Waals surface area contributed by atoms with E-state index in [1.54, 1.807) is 0 Å². The maximum Gasteiger partial charge on any atom is 0.298 e. The lowest BCUT2D eigenvalue weighted by Crippen LogP contribution is -2.23. The van der Waals surface area contributed by atoms with E-state index in [-0.39, 0.29) is 33.7 Å². The minimum Gasteiger partial charge on any atom is -0.507 e. The van der Waals surface area contributed by atoms with Gasteiger partial charge in [0, 0.05) is 5.69 Å². The van der Waals surface area contributed by atoms with Crippen LogP contribution in [0.4, 0.5) is 11.4 Å². The predicted molar refractivity (Wildman–Crippen MR) is 103 cm³/mol. The molecule has 0 saturated heterocycles. The minimum atomic E-state index is -4.92. The molecule has 1 aliphatic rings. The molecule has 0 heterocycles. The van der Waals surface area contributed by atoms with E-state index in [9.17, 15) is 31.3 Å². The number of carbonyl (C=O) groups is 1. The van der Waals surface area contributed by atoms with Crippen LogP contribution < -0.4 is 5.73 Å². The molecule has 0 aromatic heterocycles. The second-order valence-electron chi connectivity index (χ2n) is 5.70. The van der Waals surface area contributed by atoms with Crippen molar-refractivity contribution in [1.82, 2.24) is 0 Å². The molecule has 0 unspecified atom stereocenters. The van der Waals surface area contributed by atoms with E-state index in [1.165, 1.54) is 24.3 Å². The number of hydrogen-bond donors (Lipinski definition) is 4. The molecule has 0 amide bonds. The molecule has 11 nitrogen and oxygen atoms in total. The van der Waals surface area contributed by atoms with Crippen LogP contribution in [0.1, 0.15) is 15.9 Å². The van der Waals surface area contributed by atoms with Crippen LogP contribution in [0.25, 0.3) is 0 Å². The number of Topliss-reactive ketones (excluding diaryl/α,β-unsaturated/α-hetero) is 1. The van der Waals surface area contributed by atoms with Gasteiger partial charge < -0.3 is 16.3 Å². The maximum absolute atomic E-state index is 12.4. The summed E-state index contributed by atoms with van der Waals surface area (Å²) < 4.78 is 63.7. The fourth-order valence-electron chi connectivity index (χ4n) is 2.61. The van der Waals surface area contributed by atoms with Gasteiger partial charge in [-0.1, -0.05) is 0 Å². The summed E-state index contributed by atoms with van der Waals surface area (Å²) >= 11 is 0. The minimum absolute atomic E-state index is 0. The third-order valence-corrected chi connectivity index (χ3v) is 5.58. The fourth-order valence-corrected chi connectivity index (χ4v) is 3.69. The number of phenolic OH excluding ortho intramolecular Hbond substituents is 1. The van der Waals surface area contributed by atoms with Gasteiger partial charge in [-0.05, 0) is 42.5 Å². The number of carbonyl (C=O) groups excluding carboxylic acids is 1. The van der Waals surface area contributed by atoms with Crippen molar-refractivity contribution in [3.8, 4) is 5.75 Å². The molecule has 0 atom stereocenters. The summed E-state index contributed by atoms with van der Waals surface area (Å²) in [7, 11) is -9.34. The lowest BCUT2D eigenvalue weighted by molar-refractivity contribution is 0.104.